The van der Waals surface area contributed by atoms with E-state index in [4.69, 9.17) is 5.11 Å². The van der Waals surface area contributed by atoms with Gasteiger partial charge in [0.25, 0.3) is 0 Å². The molecule has 2 aromatic heterocycles. The largest absolute Gasteiger partial charge is 0.478 e. The summed E-state index contributed by atoms with van der Waals surface area (Å²) in [6.07, 6.45) is -1.79. The molecule has 0 fully saturated rings. The highest BCUT2D eigenvalue weighted by Crippen LogP contribution is 2.29. The van der Waals surface area contributed by atoms with Crippen LogP contribution in [0.2, 0.25) is 0 Å². The van der Waals surface area contributed by atoms with E-state index < -0.39 is 17.8 Å². The fourth-order valence-electron chi connectivity index (χ4n) is 3.16. The predicted molar refractivity (Wildman–Crippen MR) is 113 cm³/mol. The average Bonchev–Trinajstić information content (AvgIpc) is 3.22. The van der Waals surface area contributed by atoms with Gasteiger partial charge in [0, 0.05) is 17.4 Å². The standard InChI is InChI=1S/C22H17F3N6O2/c1-13-8-16(10-17(9-13)27-21-26-7-6-19(28-21)22(23,24)25)18-12-31(30-29-18)11-14-2-4-15(5-3-14)20(32)33/h2-10,12H,11H2,1H3,(H,32,33)(H,26,27,28). The molecule has 0 aliphatic rings. The predicted octanol–water partition coefficient (Wildman–Crippen LogP) is 4.55. The Morgan fingerprint density at radius 3 is 2.58 bits per heavy atom. The van der Waals surface area contributed by atoms with E-state index >= 15 is 0 Å². The van der Waals surface area contributed by atoms with E-state index in [0.29, 0.717) is 23.5 Å². The zero-order chi connectivity index (χ0) is 23.6. The van der Waals surface area contributed by atoms with Crippen molar-refractivity contribution in [3.8, 4) is 11.3 Å². The molecule has 8 nitrogen and oxygen atoms in total. The number of nitrogens with zero attached hydrogens (tertiary/aromatic N) is 5. The maximum Gasteiger partial charge on any atom is 0.433 e. The smallest absolute Gasteiger partial charge is 0.433 e. The summed E-state index contributed by atoms with van der Waals surface area (Å²) in [6, 6.07) is 12.6. The number of benzene rings is 2. The SMILES string of the molecule is Cc1cc(Nc2nccc(C(F)(F)F)n2)cc(-c2cn(Cc3ccc(C(=O)O)cc3)nn2)c1. The van der Waals surface area contributed by atoms with Crippen molar-refractivity contribution in [3.05, 3.63) is 83.3 Å². The fourth-order valence-corrected chi connectivity index (χ4v) is 3.16. The number of carbonyl (C=O) groups is 1. The number of carboxylic acid groups (broad SMARTS) is 1. The zero-order valence-electron chi connectivity index (χ0n) is 17.2. The third-order valence-electron chi connectivity index (χ3n) is 4.66. The molecule has 2 heterocycles. The highest BCUT2D eigenvalue weighted by Gasteiger charge is 2.32. The molecule has 0 amide bonds. The number of hydrogen-bond acceptors (Lipinski definition) is 6. The second-order valence-electron chi connectivity index (χ2n) is 7.28. The van der Waals surface area contributed by atoms with Crippen LogP contribution in [0.3, 0.4) is 0 Å². The zero-order valence-corrected chi connectivity index (χ0v) is 17.2. The lowest BCUT2D eigenvalue weighted by Crippen LogP contribution is -2.10. The minimum atomic E-state index is -4.57. The number of carboxylic acids is 1. The molecule has 4 aromatic rings. The van der Waals surface area contributed by atoms with Crippen molar-refractivity contribution >= 4 is 17.6 Å². The van der Waals surface area contributed by atoms with Crippen molar-refractivity contribution in [2.24, 2.45) is 0 Å². The van der Waals surface area contributed by atoms with Gasteiger partial charge in [-0.2, -0.15) is 13.2 Å². The average molecular weight is 454 g/mol. The Kier molecular flexibility index (Phi) is 5.78. The molecule has 0 aliphatic heterocycles. The van der Waals surface area contributed by atoms with Gasteiger partial charge in [0.1, 0.15) is 11.4 Å². The first-order valence-electron chi connectivity index (χ1n) is 9.69. The van der Waals surface area contributed by atoms with E-state index in [1.165, 1.54) is 12.1 Å². The first-order valence-corrected chi connectivity index (χ1v) is 9.69. The van der Waals surface area contributed by atoms with Gasteiger partial charge in [0.2, 0.25) is 5.95 Å². The van der Waals surface area contributed by atoms with Crippen LogP contribution in [0, 0.1) is 6.92 Å². The maximum absolute atomic E-state index is 12.9. The normalized spacial score (nSPS) is 11.4. The van der Waals surface area contributed by atoms with Crippen molar-refractivity contribution in [2.45, 2.75) is 19.6 Å². The summed E-state index contributed by atoms with van der Waals surface area (Å²) in [4.78, 5) is 18.4. The van der Waals surface area contributed by atoms with Crippen LogP contribution in [-0.2, 0) is 12.7 Å². The lowest BCUT2D eigenvalue weighted by atomic mass is 10.1. The van der Waals surface area contributed by atoms with Crippen LogP contribution in [0.25, 0.3) is 11.3 Å². The molecular formula is C22H17F3N6O2. The summed E-state index contributed by atoms with van der Waals surface area (Å²) in [5.41, 5.74) is 2.63. The molecular weight excluding hydrogens is 437 g/mol. The fraction of sp³-hybridized carbons (Fsp3) is 0.136. The second kappa shape index (κ2) is 8.69. The lowest BCUT2D eigenvalue weighted by molar-refractivity contribution is -0.141. The first kappa shape index (κ1) is 21.9. The molecule has 0 aliphatic carbocycles. The summed E-state index contributed by atoms with van der Waals surface area (Å²) in [5.74, 6) is -1.17. The Labute approximate surface area is 185 Å². The summed E-state index contributed by atoms with van der Waals surface area (Å²) >= 11 is 0. The number of rotatable bonds is 6. The van der Waals surface area contributed by atoms with Crippen LogP contribution >= 0.6 is 0 Å². The first-order chi connectivity index (χ1) is 15.7. The van der Waals surface area contributed by atoms with Gasteiger partial charge >= 0.3 is 12.1 Å². The number of aryl methyl sites for hydroxylation is 1. The molecule has 0 radical (unpaired) electrons. The number of hydrogen-bond donors (Lipinski definition) is 2. The van der Waals surface area contributed by atoms with E-state index in [-0.39, 0.29) is 11.5 Å². The topological polar surface area (TPSA) is 106 Å². The van der Waals surface area contributed by atoms with Gasteiger partial charge in [-0.1, -0.05) is 17.3 Å². The van der Waals surface area contributed by atoms with Crippen molar-refractivity contribution < 1.29 is 23.1 Å². The molecule has 0 saturated heterocycles. The van der Waals surface area contributed by atoms with Crippen LogP contribution < -0.4 is 5.32 Å². The molecule has 11 heteroatoms. The second-order valence-corrected chi connectivity index (χ2v) is 7.28. The van der Waals surface area contributed by atoms with Gasteiger partial charge in [0.15, 0.2) is 0 Å². The molecule has 0 saturated carbocycles. The third kappa shape index (κ3) is 5.32. The number of anilines is 2. The summed E-state index contributed by atoms with van der Waals surface area (Å²) in [6.45, 7) is 2.23. The van der Waals surface area contributed by atoms with Crippen molar-refractivity contribution in [3.63, 3.8) is 0 Å². The van der Waals surface area contributed by atoms with Gasteiger partial charge in [-0.25, -0.2) is 19.4 Å². The van der Waals surface area contributed by atoms with Gasteiger partial charge < -0.3 is 10.4 Å². The van der Waals surface area contributed by atoms with Crippen LogP contribution in [-0.4, -0.2) is 36.0 Å². The maximum atomic E-state index is 12.9. The number of halogens is 3. The Bertz CT molecular complexity index is 1300. The van der Waals surface area contributed by atoms with E-state index in [1.54, 1.807) is 35.1 Å². The molecule has 2 aromatic carbocycles. The molecule has 0 atom stereocenters. The Morgan fingerprint density at radius 2 is 1.88 bits per heavy atom. The number of aromatic nitrogens is 5. The number of aromatic carboxylic acids is 1. The minimum Gasteiger partial charge on any atom is -0.478 e. The summed E-state index contributed by atoms with van der Waals surface area (Å²) < 4.78 is 40.3. The Balaban J connectivity index is 1.54. The minimum absolute atomic E-state index is 0.171. The summed E-state index contributed by atoms with van der Waals surface area (Å²) in [5, 5.41) is 20.1. The number of nitrogens with one attached hydrogen (secondary N) is 1. The highest BCUT2D eigenvalue weighted by atomic mass is 19.4. The van der Waals surface area contributed by atoms with Gasteiger partial charge in [-0.05, 0) is 54.4 Å². The quantitative estimate of drug-likeness (QED) is 0.440. The van der Waals surface area contributed by atoms with Crippen molar-refractivity contribution in [2.75, 3.05) is 5.32 Å². The summed E-state index contributed by atoms with van der Waals surface area (Å²) in [7, 11) is 0. The van der Waals surface area contributed by atoms with E-state index in [0.717, 1.165) is 23.4 Å². The van der Waals surface area contributed by atoms with E-state index in [9.17, 15) is 18.0 Å². The molecule has 33 heavy (non-hydrogen) atoms. The van der Waals surface area contributed by atoms with Crippen molar-refractivity contribution in [1.82, 2.24) is 25.0 Å². The molecule has 2 N–H and O–H groups in total. The molecule has 0 unspecified atom stereocenters. The monoisotopic (exact) mass is 454 g/mol. The highest BCUT2D eigenvalue weighted by molar-refractivity contribution is 5.87. The molecule has 0 spiro atoms. The van der Waals surface area contributed by atoms with Crippen LogP contribution in [0.4, 0.5) is 24.8 Å². The van der Waals surface area contributed by atoms with Crippen LogP contribution in [0.15, 0.2) is 60.9 Å². The van der Waals surface area contributed by atoms with Gasteiger partial charge in [-0.3, -0.25) is 0 Å². The lowest BCUT2D eigenvalue weighted by Gasteiger charge is -2.10. The molecule has 0 bridgehead atoms. The van der Waals surface area contributed by atoms with Gasteiger partial charge in [0.05, 0.1) is 18.3 Å². The molecule has 168 valence electrons. The Morgan fingerprint density at radius 1 is 1.12 bits per heavy atom. The Hall–Kier alpha value is -4.28. The van der Waals surface area contributed by atoms with Crippen molar-refractivity contribution in [1.29, 1.82) is 0 Å². The van der Waals surface area contributed by atoms with Crippen LogP contribution in [0.1, 0.15) is 27.2 Å². The van der Waals surface area contributed by atoms with E-state index in [2.05, 4.69) is 25.6 Å². The number of alkyl halides is 3. The van der Waals surface area contributed by atoms with E-state index in [1.807, 2.05) is 13.0 Å². The third-order valence-corrected chi connectivity index (χ3v) is 4.66. The molecule has 4 rings (SSSR count). The van der Waals surface area contributed by atoms with Crippen LogP contribution in [0.5, 0.6) is 0 Å². The van der Waals surface area contributed by atoms with Gasteiger partial charge in [-0.15, -0.1) is 5.10 Å².